The van der Waals surface area contributed by atoms with Gasteiger partial charge in [0, 0.05) is 30.1 Å². The topological polar surface area (TPSA) is 75.0 Å². The smallest absolute Gasteiger partial charge is 0.253 e. The summed E-state index contributed by atoms with van der Waals surface area (Å²) < 4.78 is 0. The van der Waals surface area contributed by atoms with Gasteiger partial charge in [0.05, 0.1) is 11.2 Å². The molecule has 0 aliphatic carbocycles. The van der Waals surface area contributed by atoms with Crippen molar-refractivity contribution in [1.29, 1.82) is 0 Å². The van der Waals surface area contributed by atoms with Crippen molar-refractivity contribution in [2.45, 2.75) is 12.5 Å². The standard InChI is InChI=1S/C20H20N4O/c21-16-11-12-24(13-16)20(25)15-8-5-14(6-9-15)7-10-19-17-3-1-2-4-18(17)22-23-19/h1-10,16H,11-13,21H2,(H,22,23)/b10-7+/t16-/m1/s1. The van der Waals surface area contributed by atoms with Crippen LogP contribution in [0.5, 0.6) is 0 Å². The van der Waals surface area contributed by atoms with Gasteiger partial charge in [0.25, 0.3) is 5.91 Å². The van der Waals surface area contributed by atoms with Crippen molar-refractivity contribution in [1.82, 2.24) is 15.1 Å². The van der Waals surface area contributed by atoms with E-state index in [1.54, 1.807) is 0 Å². The second kappa shape index (κ2) is 6.53. The molecular formula is C20H20N4O. The van der Waals surface area contributed by atoms with E-state index in [9.17, 15) is 4.79 Å². The summed E-state index contributed by atoms with van der Waals surface area (Å²) in [6, 6.07) is 15.8. The Morgan fingerprint density at radius 3 is 2.72 bits per heavy atom. The fourth-order valence-electron chi connectivity index (χ4n) is 3.18. The van der Waals surface area contributed by atoms with Crippen LogP contribution >= 0.6 is 0 Å². The molecule has 3 aromatic rings. The van der Waals surface area contributed by atoms with Gasteiger partial charge >= 0.3 is 0 Å². The number of likely N-dealkylation sites (tertiary alicyclic amines) is 1. The van der Waals surface area contributed by atoms with E-state index in [4.69, 9.17) is 5.73 Å². The van der Waals surface area contributed by atoms with E-state index in [1.165, 1.54) is 0 Å². The maximum absolute atomic E-state index is 12.4. The minimum Gasteiger partial charge on any atom is -0.337 e. The first-order chi connectivity index (χ1) is 12.2. The van der Waals surface area contributed by atoms with Crippen LogP contribution in [0.2, 0.25) is 0 Å². The molecule has 1 atom stereocenters. The Labute approximate surface area is 146 Å². The predicted octanol–water partition coefficient (Wildman–Crippen LogP) is 2.91. The van der Waals surface area contributed by atoms with Gasteiger partial charge in [-0.05, 0) is 36.3 Å². The predicted molar refractivity (Wildman–Crippen MR) is 100.0 cm³/mol. The number of benzene rings is 2. The van der Waals surface area contributed by atoms with E-state index in [1.807, 2.05) is 65.6 Å². The molecule has 0 unspecified atom stereocenters. The molecule has 0 saturated carbocycles. The van der Waals surface area contributed by atoms with Crippen molar-refractivity contribution < 1.29 is 4.79 Å². The molecule has 1 aromatic heterocycles. The summed E-state index contributed by atoms with van der Waals surface area (Å²) in [5, 5.41) is 8.45. The van der Waals surface area contributed by atoms with Crippen LogP contribution in [-0.4, -0.2) is 40.1 Å². The van der Waals surface area contributed by atoms with Gasteiger partial charge in [-0.25, -0.2) is 0 Å². The van der Waals surface area contributed by atoms with Crippen LogP contribution in [0.1, 0.15) is 28.0 Å². The number of rotatable bonds is 3. The molecule has 1 saturated heterocycles. The molecule has 4 rings (SSSR count). The second-order valence-electron chi connectivity index (χ2n) is 6.41. The number of carbonyl (C=O) groups is 1. The molecule has 1 fully saturated rings. The van der Waals surface area contributed by atoms with E-state index in [0.29, 0.717) is 12.1 Å². The molecule has 5 nitrogen and oxygen atoms in total. The van der Waals surface area contributed by atoms with Crippen molar-refractivity contribution in [2.24, 2.45) is 5.73 Å². The molecule has 5 heteroatoms. The van der Waals surface area contributed by atoms with E-state index >= 15 is 0 Å². The summed E-state index contributed by atoms with van der Waals surface area (Å²) in [6.45, 7) is 1.39. The molecule has 1 aliphatic heterocycles. The van der Waals surface area contributed by atoms with Crippen LogP contribution in [-0.2, 0) is 0 Å². The molecule has 1 aliphatic rings. The van der Waals surface area contributed by atoms with Crippen molar-refractivity contribution in [3.8, 4) is 0 Å². The van der Waals surface area contributed by atoms with Gasteiger partial charge < -0.3 is 10.6 Å². The third-order valence-corrected chi connectivity index (χ3v) is 4.60. The Balaban J connectivity index is 1.49. The number of nitrogens with two attached hydrogens (primary N) is 1. The second-order valence-corrected chi connectivity index (χ2v) is 6.41. The number of nitrogens with one attached hydrogen (secondary N) is 1. The summed E-state index contributed by atoms with van der Waals surface area (Å²) >= 11 is 0. The number of para-hydroxylation sites is 1. The van der Waals surface area contributed by atoms with E-state index in [0.717, 1.165) is 35.1 Å². The van der Waals surface area contributed by atoms with E-state index in [-0.39, 0.29) is 11.9 Å². The molecule has 2 heterocycles. The molecule has 0 bridgehead atoms. The lowest BCUT2D eigenvalue weighted by Crippen LogP contribution is -2.31. The number of hydrogen-bond acceptors (Lipinski definition) is 3. The number of H-pyrrole nitrogens is 1. The maximum Gasteiger partial charge on any atom is 0.253 e. The van der Waals surface area contributed by atoms with Crippen LogP contribution < -0.4 is 5.73 Å². The average Bonchev–Trinajstić information content (AvgIpc) is 3.26. The van der Waals surface area contributed by atoms with Gasteiger partial charge in [0.1, 0.15) is 0 Å². The molecule has 0 spiro atoms. The highest BCUT2D eigenvalue weighted by Crippen LogP contribution is 2.18. The van der Waals surface area contributed by atoms with E-state index < -0.39 is 0 Å². The normalized spacial score (nSPS) is 17.6. The molecule has 0 radical (unpaired) electrons. The Morgan fingerprint density at radius 2 is 1.96 bits per heavy atom. The number of hydrogen-bond donors (Lipinski definition) is 2. The fraction of sp³-hybridized carbons (Fsp3) is 0.200. The summed E-state index contributed by atoms with van der Waals surface area (Å²) in [5.41, 5.74) is 9.54. The molecular weight excluding hydrogens is 312 g/mol. The van der Waals surface area contributed by atoms with Gasteiger partial charge in [0.2, 0.25) is 0 Å². The minimum absolute atomic E-state index is 0.0572. The number of aromatic nitrogens is 2. The van der Waals surface area contributed by atoms with Crippen molar-refractivity contribution in [3.63, 3.8) is 0 Å². The summed E-state index contributed by atoms with van der Waals surface area (Å²) in [4.78, 5) is 14.3. The Kier molecular flexibility index (Phi) is 4.07. The highest BCUT2D eigenvalue weighted by atomic mass is 16.2. The van der Waals surface area contributed by atoms with Gasteiger partial charge in [-0.3, -0.25) is 9.89 Å². The fourth-order valence-corrected chi connectivity index (χ4v) is 3.18. The zero-order chi connectivity index (χ0) is 17.2. The Hall–Kier alpha value is -2.92. The van der Waals surface area contributed by atoms with Gasteiger partial charge in [0.15, 0.2) is 0 Å². The van der Waals surface area contributed by atoms with Crippen LogP contribution in [0.25, 0.3) is 23.1 Å². The highest BCUT2D eigenvalue weighted by molar-refractivity contribution is 5.95. The third-order valence-electron chi connectivity index (χ3n) is 4.60. The number of nitrogens with zero attached hydrogens (tertiary/aromatic N) is 2. The van der Waals surface area contributed by atoms with Gasteiger partial charge in [-0.2, -0.15) is 5.10 Å². The average molecular weight is 332 g/mol. The van der Waals surface area contributed by atoms with Gasteiger partial charge in [-0.1, -0.05) is 36.4 Å². The third kappa shape index (κ3) is 3.19. The van der Waals surface area contributed by atoms with E-state index in [2.05, 4.69) is 10.2 Å². The first-order valence-electron chi connectivity index (χ1n) is 8.47. The van der Waals surface area contributed by atoms with Crippen LogP contribution in [0.15, 0.2) is 48.5 Å². The first-order valence-corrected chi connectivity index (χ1v) is 8.47. The summed E-state index contributed by atoms with van der Waals surface area (Å²) in [7, 11) is 0. The Morgan fingerprint density at radius 1 is 1.16 bits per heavy atom. The number of aromatic amines is 1. The molecule has 25 heavy (non-hydrogen) atoms. The SMILES string of the molecule is N[C@@H]1CCN(C(=O)c2ccc(/C=C/c3n[nH]c4ccccc34)cc2)C1. The van der Waals surface area contributed by atoms with Crippen LogP contribution in [0.4, 0.5) is 0 Å². The molecule has 2 aromatic carbocycles. The number of fused-ring (bicyclic) bond motifs is 1. The summed E-state index contributed by atoms with van der Waals surface area (Å²) in [5.74, 6) is 0.0572. The largest absolute Gasteiger partial charge is 0.337 e. The number of amides is 1. The summed E-state index contributed by atoms with van der Waals surface area (Å²) in [6.07, 6.45) is 4.86. The quantitative estimate of drug-likeness (QED) is 0.774. The minimum atomic E-state index is 0.0572. The van der Waals surface area contributed by atoms with Gasteiger partial charge in [-0.15, -0.1) is 0 Å². The zero-order valence-electron chi connectivity index (χ0n) is 13.9. The lowest BCUT2D eigenvalue weighted by Gasteiger charge is -2.15. The van der Waals surface area contributed by atoms with Crippen molar-refractivity contribution in [2.75, 3.05) is 13.1 Å². The lowest BCUT2D eigenvalue weighted by molar-refractivity contribution is 0.0791. The Bertz CT molecular complexity index is 926. The maximum atomic E-state index is 12.4. The van der Waals surface area contributed by atoms with Crippen LogP contribution in [0.3, 0.4) is 0 Å². The molecule has 1 amide bonds. The zero-order valence-corrected chi connectivity index (χ0v) is 13.9. The van der Waals surface area contributed by atoms with Crippen molar-refractivity contribution in [3.05, 3.63) is 65.4 Å². The van der Waals surface area contributed by atoms with Crippen molar-refractivity contribution >= 4 is 29.0 Å². The van der Waals surface area contributed by atoms with Crippen LogP contribution in [0, 0.1) is 0 Å². The first kappa shape index (κ1) is 15.6. The number of carbonyl (C=O) groups excluding carboxylic acids is 1. The molecule has 126 valence electrons. The molecule has 3 N–H and O–H groups in total. The monoisotopic (exact) mass is 332 g/mol. The lowest BCUT2D eigenvalue weighted by atomic mass is 10.1. The highest BCUT2D eigenvalue weighted by Gasteiger charge is 2.24.